The number of nitrogens with one attached hydrogen (secondary N) is 1. The third-order valence-electron chi connectivity index (χ3n) is 7.13. The number of cyclic esters (lactones) is 1. The fraction of sp³-hybridized carbons (Fsp3) is 0.407. The quantitative estimate of drug-likeness (QED) is 0.402. The summed E-state index contributed by atoms with van der Waals surface area (Å²) in [7, 11) is 1.29. The van der Waals surface area contributed by atoms with Crippen LogP contribution in [0.3, 0.4) is 0 Å². The number of carbonyl (C=O) groups excluding carboxylic acids is 4. The molecule has 0 radical (unpaired) electrons. The standard InChI is InChI=1S/C27H30FN7O6/c1-17(30-24(37)21-16-34-9-3-8-29-26(34)31-21)25(38)33-12-10-32(11-13-33)22-6-4-18(14-20(22)28)35-15-19(41-27(35)39)5-7-23(36)40-2/h3-4,6,8-9,14,16-17,19H,5,7,10-13,15H2,1-2H3,(H,30,37)/t17-,19-/m0/s1. The second kappa shape index (κ2) is 11.8. The second-order valence-electron chi connectivity index (χ2n) is 9.83. The average Bonchev–Trinajstić information content (AvgIpc) is 3.59. The van der Waals surface area contributed by atoms with Crippen molar-refractivity contribution in [2.24, 2.45) is 0 Å². The summed E-state index contributed by atoms with van der Waals surface area (Å²) in [5, 5.41) is 2.69. The van der Waals surface area contributed by atoms with E-state index in [1.165, 1.54) is 18.1 Å². The van der Waals surface area contributed by atoms with Crippen LogP contribution in [0.1, 0.15) is 30.3 Å². The first-order valence-corrected chi connectivity index (χ1v) is 13.2. The predicted molar refractivity (Wildman–Crippen MR) is 144 cm³/mol. The molecular formula is C27H30FN7O6. The average molecular weight is 568 g/mol. The molecule has 5 rings (SSSR count). The summed E-state index contributed by atoms with van der Waals surface area (Å²) in [6, 6.07) is 5.47. The van der Waals surface area contributed by atoms with Gasteiger partial charge in [-0.3, -0.25) is 23.7 Å². The third kappa shape index (κ3) is 6.05. The summed E-state index contributed by atoms with van der Waals surface area (Å²) in [5.74, 6) is -1.24. The number of ether oxygens (including phenoxy) is 2. The molecule has 1 aromatic carbocycles. The monoisotopic (exact) mass is 567 g/mol. The molecule has 0 bridgehead atoms. The Labute approximate surface area is 234 Å². The lowest BCUT2D eigenvalue weighted by molar-refractivity contribution is -0.141. The lowest BCUT2D eigenvalue weighted by Gasteiger charge is -2.37. The van der Waals surface area contributed by atoms with Gasteiger partial charge in [-0.15, -0.1) is 0 Å². The zero-order chi connectivity index (χ0) is 29.1. The first kappa shape index (κ1) is 27.8. The van der Waals surface area contributed by atoms with Crippen LogP contribution >= 0.6 is 0 Å². The Kier molecular flexibility index (Phi) is 7.99. The van der Waals surface area contributed by atoms with Gasteiger partial charge in [-0.1, -0.05) is 0 Å². The highest BCUT2D eigenvalue weighted by Gasteiger charge is 2.33. The highest BCUT2D eigenvalue weighted by molar-refractivity contribution is 5.96. The van der Waals surface area contributed by atoms with Gasteiger partial charge in [0.15, 0.2) is 0 Å². The molecule has 14 heteroatoms. The summed E-state index contributed by atoms with van der Waals surface area (Å²) >= 11 is 0. The molecule has 2 saturated heterocycles. The number of halogens is 1. The number of carbonyl (C=O) groups is 4. The fourth-order valence-electron chi connectivity index (χ4n) is 4.90. The number of piperazine rings is 1. The van der Waals surface area contributed by atoms with Crippen LogP contribution in [0.4, 0.5) is 20.6 Å². The molecule has 0 unspecified atom stereocenters. The minimum absolute atomic E-state index is 0.120. The summed E-state index contributed by atoms with van der Waals surface area (Å²) in [6.45, 7) is 3.29. The number of methoxy groups -OCH3 is 1. The minimum atomic E-state index is -0.778. The first-order valence-electron chi connectivity index (χ1n) is 13.2. The van der Waals surface area contributed by atoms with Crippen molar-refractivity contribution in [3.05, 3.63) is 54.4 Å². The largest absolute Gasteiger partial charge is 0.469 e. The van der Waals surface area contributed by atoms with Crippen LogP contribution in [0.5, 0.6) is 0 Å². The fourth-order valence-corrected chi connectivity index (χ4v) is 4.90. The van der Waals surface area contributed by atoms with E-state index in [0.29, 0.717) is 49.8 Å². The smallest absolute Gasteiger partial charge is 0.414 e. The van der Waals surface area contributed by atoms with Crippen LogP contribution in [-0.2, 0) is 19.1 Å². The molecule has 41 heavy (non-hydrogen) atoms. The molecule has 4 heterocycles. The number of fused-ring (bicyclic) bond motifs is 1. The van der Waals surface area contributed by atoms with E-state index in [0.717, 1.165) is 0 Å². The molecule has 0 spiro atoms. The predicted octanol–water partition coefficient (Wildman–Crippen LogP) is 1.61. The van der Waals surface area contributed by atoms with Crippen LogP contribution < -0.4 is 15.1 Å². The van der Waals surface area contributed by atoms with Gasteiger partial charge in [-0.2, -0.15) is 0 Å². The normalized spacial score (nSPS) is 17.9. The number of rotatable bonds is 8. The molecule has 2 aliphatic rings. The van der Waals surface area contributed by atoms with Crippen molar-refractivity contribution in [1.29, 1.82) is 0 Å². The van der Waals surface area contributed by atoms with Crippen molar-refractivity contribution in [3.63, 3.8) is 0 Å². The summed E-state index contributed by atoms with van der Waals surface area (Å²) in [5.41, 5.74) is 0.875. The molecule has 216 valence electrons. The molecule has 0 aliphatic carbocycles. The molecule has 2 aromatic heterocycles. The molecule has 2 aliphatic heterocycles. The highest BCUT2D eigenvalue weighted by atomic mass is 19.1. The number of nitrogens with zero attached hydrogens (tertiary/aromatic N) is 6. The van der Waals surface area contributed by atoms with E-state index in [4.69, 9.17) is 4.74 Å². The van der Waals surface area contributed by atoms with E-state index < -0.39 is 35.9 Å². The Morgan fingerprint density at radius 2 is 2.00 bits per heavy atom. The summed E-state index contributed by atoms with van der Waals surface area (Å²) in [4.78, 5) is 62.4. The van der Waals surface area contributed by atoms with Gasteiger partial charge in [0.25, 0.3) is 5.91 Å². The van der Waals surface area contributed by atoms with E-state index in [1.807, 2.05) is 4.90 Å². The van der Waals surface area contributed by atoms with Crippen LogP contribution in [0.15, 0.2) is 42.9 Å². The number of benzene rings is 1. The van der Waals surface area contributed by atoms with Gasteiger partial charge in [0.05, 0.1) is 25.0 Å². The number of aromatic nitrogens is 3. The zero-order valence-corrected chi connectivity index (χ0v) is 22.7. The van der Waals surface area contributed by atoms with Gasteiger partial charge < -0.3 is 24.6 Å². The number of esters is 1. The highest BCUT2D eigenvalue weighted by Crippen LogP contribution is 2.29. The molecule has 1 N–H and O–H groups in total. The van der Waals surface area contributed by atoms with Crippen LogP contribution in [0, 0.1) is 5.82 Å². The Hall–Kier alpha value is -4.75. The van der Waals surface area contributed by atoms with E-state index >= 15 is 4.39 Å². The zero-order valence-electron chi connectivity index (χ0n) is 22.7. The van der Waals surface area contributed by atoms with E-state index in [2.05, 4.69) is 20.0 Å². The topological polar surface area (TPSA) is 139 Å². The first-order chi connectivity index (χ1) is 19.7. The summed E-state index contributed by atoms with van der Waals surface area (Å²) in [6.07, 6.45) is 4.20. The van der Waals surface area contributed by atoms with Gasteiger partial charge in [0.1, 0.15) is 23.7 Å². The van der Waals surface area contributed by atoms with Crippen LogP contribution in [-0.4, -0.2) is 95.1 Å². The molecule has 0 saturated carbocycles. The van der Waals surface area contributed by atoms with E-state index in [1.54, 1.807) is 53.0 Å². The SMILES string of the molecule is COC(=O)CC[C@H]1CN(c2ccc(N3CCN(C(=O)[C@H](C)NC(=O)c4cn5cccnc5n4)CC3)c(F)c2)C(=O)O1. The van der Waals surface area contributed by atoms with Crippen LogP contribution in [0.25, 0.3) is 5.78 Å². The molecule has 2 atom stereocenters. The maximum atomic E-state index is 15.2. The molecule has 13 nitrogen and oxygen atoms in total. The maximum absolute atomic E-state index is 15.2. The number of anilines is 2. The van der Waals surface area contributed by atoms with E-state index in [-0.39, 0.29) is 24.6 Å². The number of hydrogen-bond acceptors (Lipinski definition) is 9. The molecule has 2 fully saturated rings. The van der Waals surface area contributed by atoms with Crippen molar-refractivity contribution in [2.75, 3.05) is 49.6 Å². The van der Waals surface area contributed by atoms with Crippen molar-refractivity contribution >= 4 is 41.0 Å². The maximum Gasteiger partial charge on any atom is 0.414 e. The molecule has 3 aromatic rings. The van der Waals surface area contributed by atoms with Gasteiger partial charge >= 0.3 is 12.1 Å². The Morgan fingerprint density at radius 1 is 1.22 bits per heavy atom. The van der Waals surface area contributed by atoms with Gasteiger partial charge in [0.2, 0.25) is 11.7 Å². The van der Waals surface area contributed by atoms with Crippen molar-refractivity contribution in [1.82, 2.24) is 24.6 Å². The van der Waals surface area contributed by atoms with Crippen molar-refractivity contribution in [2.45, 2.75) is 31.9 Å². The molecular weight excluding hydrogens is 537 g/mol. The Bertz CT molecular complexity index is 1440. The number of hydrogen-bond donors (Lipinski definition) is 1. The van der Waals surface area contributed by atoms with Crippen molar-refractivity contribution < 1.29 is 33.0 Å². The number of amides is 3. The summed E-state index contributed by atoms with van der Waals surface area (Å²) < 4.78 is 26.7. The van der Waals surface area contributed by atoms with Gasteiger partial charge in [-0.05, 0) is 37.6 Å². The minimum Gasteiger partial charge on any atom is -0.469 e. The third-order valence-corrected chi connectivity index (χ3v) is 7.13. The van der Waals surface area contributed by atoms with Crippen molar-refractivity contribution in [3.8, 4) is 0 Å². The lowest BCUT2D eigenvalue weighted by atomic mass is 10.1. The molecule has 3 amide bonds. The Morgan fingerprint density at radius 3 is 2.71 bits per heavy atom. The van der Waals surface area contributed by atoms with Crippen LogP contribution in [0.2, 0.25) is 0 Å². The lowest BCUT2D eigenvalue weighted by Crippen LogP contribution is -2.54. The Balaban J connectivity index is 1.14. The van der Waals surface area contributed by atoms with Gasteiger partial charge in [-0.25, -0.2) is 19.2 Å². The second-order valence-corrected chi connectivity index (χ2v) is 9.83. The van der Waals surface area contributed by atoms with Gasteiger partial charge in [0, 0.05) is 51.2 Å². The number of imidazole rings is 1. The van der Waals surface area contributed by atoms with E-state index in [9.17, 15) is 19.2 Å².